The van der Waals surface area contributed by atoms with Crippen LogP contribution in [-0.2, 0) is 0 Å². The topological polar surface area (TPSA) is 61.7 Å². The Morgan fingerprint density at radius 2 is 1.91 bits per heavy atom. The van der Waals surface area contributed by atoms with Gasteiger partial charge in [0.15, 0.2) is 10.9 Å². The lowest BCUT2D eigenvalue weighted by atomic mass is 9.97. The second-order valence-corrected chi connectivity index (χ2v) is 5.80. The lowest BCUT2D eigenvalue weighted by Crippen LogP contribution is -2.14. The van der Waals surface area contributed by atoms with E-state index < -0.39 is 0 Å². The molecule has 112 valence electrons. The molecule has 1 aliphatic heterocycles. The van der Waals surface area contributed by atoms with Crippen LogP contribution in [0.5, 0.6) is 5.75 Å². The number of Topliss-reactive ketones (excluding diaryl/α,β-unsaturated/α-hetero) is 1. The van der Waals surface area contributed by atoms with Crippen molar-refractivity contribution < 1.29 is 9.90 Å². The van der Waals surface area contributed by atoms with Crippen molar-refractivity contribution in [1.29, 1.82) is 0 Å². The van der Waals surface area contributed by atoms with Gasteiger partial charge in [0.2, 0.25) is 0 Å². The first-order chi connectivity index (χ1) is 11.1. The quantitative estimate of drug-likeness (QED) is 0.674. The minimum atomic E-state index is 0.0169. The van der Waals surface area contributed by atoms with E-state index in [-0.39, 0.29) is 18.0 Å². The van der Waals surface area contributed by atoms with Crippen molar-refractivity contribution in [2.75, 3.05) is 0 Å². The summed E-state index contributed by atoms with van der Waals surface area (Å²) in [6, 6.07) is 14.4. The summed E-state index contributed by atoms with van der Waals surface area (Å²) in [6.45, 7) is 0. The van der Waals surface area contributed by atoms with Crippen LogP contribution in [0.25, 0.3) is 5.57 Å². The van der Waals surface area contributed by atoms with E-state index in [0.29, 0.717) is 22.0 Å². The van der Waals surface area contributed by atoms with Crippen molar-refractivity contribution in [3.05, 3.63) is 70.9 Å². The van der Waals surface area contributed by atoms with E-state index in [1.807, 2.05) is 24.3 Å². The average Bonchev–Trinajstić information content (AvgIpc) is 3.05. The van der Waals surface area contributed by atoms with Gasteiger partial charge in [0.25, 0.3) is 0 Å². The van der Waals surface area contributed by atoms with Gasteiger partial charge >= 0.3 is 0 Å². The number of hydrogen-bond donors (Lipinski definition) is 2. The molecule has 0 fully saturated rings. The molecule has 1 aliphatic carbocycles. The molecular formula is C18H12N2O2S. The molecule has 0 spiro atoms. The Labute approximate surface area is 138 Å². The maximum absolute atomic E-state index is 12.6. The number of nitrogens with zero attached hydrogens (tertiary/aromatic N) is 1. The van der Waals surface area contributed by atoms with Gasteiger partial charge in [-0.3, -0.25) is 4.79 Å². The fourth-order valence-corrected chi connectivity index (χ4v) is 3.19. The average molecular weight is 320 g/mol. The van der Waals surface area contributed by atoms with Gasteiger partial charge < -0.3 is 10.4 Å². The van der Waals surface area contributed by atoms with E-state index in [1.54, 1.807) is 24.3 Å². The highest BCUT2D eigenvalue weighted by Crippen LogP contribution is 2.40. The Morgan fingerprint density at radius 3 is 2.70 bits per heavy atom. The number of hydrogen-bond acceptors (Lipinski definition) is 3. The first-order valence-electron chi connectivity index (χ1n) is 7.19. The maximum atomic E-state index is 12.6. The van der Waals surface area contributed by atoms with Gasteiger partial charge in [-0.1, -0.05) is 42.5 Å². The highest BCUT2D eigenvalue weighted by Gasteiger charge is 2.35. The number of carbonyl (C=O) groups is 1. The Balaban J connectivity index is 1.80. The molecule has 0 atom stereocenters. The summed E-state index contributed by atoms with van der Waals surface area (Å²) in [5, 5.41) is 13.6. The van der Waals surface area contributed by atoms with E-state index in [0.717, 1.165) is 16.8 Å². The molecule has 23 heavy (non-hydrogen) atoms. The SMILES string of the molecule is O=C(CC1=C2NC(=S)N=C2c2c(O)cccc21)c1ccccc1. The molecule has 5 heteroatoms. The number of fused-ring (bicyclic) bond motifs is 3. The van der Waals surface area contributed by atoms with Crippen LogP contribution in [-0.4, -0.2) is 21.7 Å². The molecule has 0 unspecified atom stereocenters. The number of phenols is 1. The molecule has 2 aromatic rings. The number of nitrogens with one attached hydrogen (secondary N) is 1. The molecule has 0 amide bonds. The third-order valence-electron chi connectivity index (χ3n) is 4.02. The number of benzene rings is 2. The third-order valence-corrected chi connectivity index (χ3v) is 4.21. The minimum Gasteiger partial charge on any atom is -0.507 e. The van der Waals surface area contributed by atoms with Gasteiger partial charge in [0.05, 0.1) is 11.3 Å². The van der Waals surface area contributed by atoms with Crippen molar-refractivity contribution in [2.24, 2.45) is 4.99 Å². The zero-order chi connectivity index (χ0) is 16.0. The number of aromatic hydroxyl groups is 1. The molecule has 0 saturated carbocycles. The zero-order valence-corrected chi connectivity index (χ0v) is 12.9. The van der Waals surface area contributed by atoms with E-state index in [4.69, 9.17) is 12.2 Å². The molecule has 2 N–H and O–H groups in total. The fraction of sp³-hybridized carbons (Fsp3) is 0.0556. The second-order valence-electron chi connectivity index (χ2n) is 5.41. The summed E-state index contributed by atoms with van der Waals surface area (Å²) in [5.41, 5.74) is 4.31. The van der Waals surface area contributed by atoms with Crippen molar-refractivity contribution in [3.63, 3.8) is 0 Å². The summed E-state index contributed by atoms with van der Waals surface area (Å²) in [5.74, 6) is 0.163. The van der Waals surface area contributed by atoms with Crippen molar-refractivity contribution in [2.45, 2.75) is 6.42 Å². The van der Waals surface area contributed by atoms with E-state index in [9.17, 15) is 9.90 Å². The van der Waals surface area contributed by atoms with Crippen LogP contribution in [0, 0.1) is 0 Å². The molecule has 4 nitrogen and oxygen atoms in total. The van der Waals surface area contributed by atoms with Gasteiger partial charge in [0.1, 0.15) is 11.5 Å². The van der Waals surface area contributed by atoms with E-state index in [2.05, 4.69) is 10.3 Å². The van der Waals surface area contributed by atoms with Crippen LogP contribution >= 0.6 is 12.2 Å². The van der Waals surface area contributed by atoms with Crippen LogP contribution < -0.4 is 5.32 Å². The maximum Gasteiger partial charge on any atom is 0.197 e. The highest BCUT2D eigenvalue weighted by atomic mass is 32.1. The van der Waals surface area contributed by atoms with Gasteiger partial charge in [0, 0.05) is 12.0 Å². The molecule has 0 radical (unpaired) electrons. The third kappa shape index (κ3) is 2.17. The van der Waals surface area contributed by atoms with Gasteiger partial charge in [-0.2, -0.15) is 0 Å². The summed E-state index contributed by atoms with van der Waals surface area (Å²) in [4.78, 5) is 16.9. The molecule has 1 heterocycles. The monoisotopic (exact) mass is 320 g/mol. The fourth-order valence-electron chi connectivity index (χ4n) is 3.00. The van der Waals surface area contributed by atoms with Gasteiger partial charge in [-0.15, -0.1) is 0 Å². The number of ketones is 1. The first kappa shape index (κ1) is 13.8. The number of thiocarbonyl (C=S) groups is 1. The lowest BCUT2D eigenvalue weighted by Gasteiger charge is -2.08. The molecule has 2 aromatic carbocycles. The minimum absolute atomic E-state index is 0.0169. The standard InChI is InChI=1S/C18H12N2O2S/c21-13-8-4-7-11-12(9-14(22)10-5-2-1-3-6-10)16-17(15(11)13)20-18(23)19-16/h1-8,21H,9H2,(H,19,20,23). The molecule has 4 rings (SSSR count). The normalized spacial score (nSPS) is 15.1. The smallest absolute Gasteiger partial charge is 0.197 e. The van der Waals surface area contributed by atoms with E-state index in [1.165, 1.54) is 0 Å². The van der Waals surface area contributed by atoms with Crippen LogP contribution in [0.2, 0.25) is 0 Å². The second kappa shape index (κ2) is 5.14. The number of carbonyl (C=O) groups excluding carboxylic acids is 1. The Hall–Kier alpha value is -2.79. The van der Waals surface area contributed by atoms with Crippen LogP contribution in [0.4, 0.5) is 0 Å². The largest absolute Gasteiger partial charge is 0.507 e. The van der Waals surface area contributed by atoms with Crippen molar-refractivity contribution in [1.82, 2.24) is 5.32 Å². The van der Waals surface area contributed by atoms with Gasteiger partial charge in [-0.25, -0.2) is 4.99 Å². The summed E-state index contributed by atoms with van der Waals surface area (Å²) < 4.78 is 0. The number of aliphatic imine (C=N–C) groups is 1. The molecular weight excluding hydrogens is 308 g/mol. The zero-order valence-electron chi connectivity index (χ0n) is 12.0. The first-order valence-corrected chi connectivity index (χ1v) is 7.60. The molecule has 0 aromatic heterocycles. The van der Waals surface area contributed by atoms with Crippen LogP contribution in [0.1, 0.15) is 27.9 Å². The van der Waals surface area contributed by atoms with Crippen LogP contribution in [0.3, 0.4) is 0 Å². The Kier molecular flexibility index (Phi) is 3.09. The van der Waals surface area contributed by atoms with Crippen LogP contribution in [0.15, 0.2) is 59.2 Å². The van der Waals surface area contributed by atoms with Crippen molar-refractivity contribution >= 4 is 34.4 Å². The number of allylic oxidation sites excluding steroid dienone is 2. The molecule has 0 bridgehead atoms. The number of rotatable bonds is 3. The Morgan fingerprint density at radius 1 is 1.13 bits per heavy atom. The summed E-state index contributed by atoms with van der Waals surface area (Å²) in [6.07, 6.45) is 0.227. The Bertz CT molecular complexity index is 914. The number of phenolic OH excluding ortho intramolecular Hbond substituents is 1. The van der Waals surface area contributed by atoms with Crippen molar-refractivity contribution in [3.8, 4) is 5.75 Å². The predicted octanol–water partition coefficient (Wildman–Crippen LogP) is 3.07. The summed E-state index contributed by atoms with van der Waals surface area (Å²) >= 11 is 5.11. The highest BCUT2D eigenvalue weighted by molar-refractivity contribution is 7.80. The molecule has 2 aliphatic rings. The van der Waals surface area contributed by atoms with Gasteiger partial charge in [-0.05, 0) is 29.4 Å². The van der Waals surface area contributed by atoms with E-state index >= 15 is 0 Å². The molecule has 0 saturated heterocycles. The predicted molar refractivity (Wildman–Crippen MR) is 92.7 cm³/mol. The summed E-state index contributed by atoms with van der Waals surface area (Å²) in [7, 11) is 0. The lowest BCUT2D eigenvalue weighted by molar-refractivity contribution is 0.0998.